The number of likely N-dealkylation sites (N-methyl/N-ethyl adjacent to an activating group) is 1. The summed E-state index contributed by atoms with van der Waals surface area (Å²) < 4.78 is 0. The molecule has 0 saturated heterocycles. The highest BCUT2D eigenvalue weighted by Gasteiger charge is 2.25. The number of hydrogen-bond donors (Lipinski definition) is 1. The summed E-state index contributed by atoms with van der Waals surface area (Å²) in [7, 11) is 1.83. The van der Waals surface area contributed by atoms with Crippen LogP contribution < -0.4 is 5.73 Å². The number of carbonyl (C=O) groups excluding carboxylic acids is 1. The van der Waals surface area contributed by atoms with Crippen LogP contribution in [0.15, 0.2) is 0 Å². The Morgan fingerprint density at radius 1 is 1.40 bits per heavy atom. The van der Waals surface area contributed by atoms with Gasteiger partial charge in [-0.3, -0.25) is 4.79 Å². The lowest BCUT2D eigenvalue weighted by molar-refractivity contribution is -0.133. The Morgan fingerprint density at radius 3 is 2.20 bits per heavy atom. The topological polar surface area (TPSA) is 46.3 Å². The number of amides is 1. The summed E-state index contributed by atoms with van der Waals surface area (Å²) in [5.74, 6) is 0.305. The first-order valence-corrected chi connectivity index (χ1v) is 5.69. The molecule has 3 nitrogen and oxygen atoms in total. The third-order valence-corrected chi connectivity index (χ3v) is 2.63. The molecule has 2 N–H and O–H groups in total. The second-order valence-electron chi connectivity index (χ2n) is 5.67. The van der Waals surface area contributed by atoms with E-state index in [-0.39, 0.29) is 23.3 Å². The maximum absolute atomic E-state index is 11.9. The Bertz CT molecular complexity index is 208. The Hall–Kier alpha value is -0.570. The van der Waals surface area contributed by atoms with Crippen LogP contribution in [0.1, 0.15) is 41.0 Å². The van der Waals surface area contributed by atoms with Crippen molar-refractivity contribution in [1.29, 1.82) is 0 Å². The third kappa shape index (κ3) is 5.17. The van der Waals surface area contributed by atoms with Crippen LogP contribution in [0.5, 0.6) is 0 Å². The van der Waals surface area contributed by atoms with Crippen molar-refractivity contribution in [3.8, 4) is 0 Å². The fraction of sp³-hybridized carbons (Fsp3) is 0.917. The molecule has 0 saturated carbocycles. The summed E-state index contributed by atoms with van der Waals surface area (Å²) >= 11 is 0. The summed E-state index contributed by atoms with van der Waals surface area (Å²) in [5.41, 5.74) is 6.02. The van der Waals surface area contributed by atoms with Gasteiger partial charge in [0.05, 0.1) is 6.04 Å². The number of nitrogens with zero attached hydrogens (tertiary/aromatic N) is 1. The van der Waals surface area contributed by atoms with Gasteiger partial charge in [0.1, 0.15) is 0 Å². The van der Waals surface area contributed by atoms with E-state index in [2.05, 4.69) is 27.7 Å². The minimum absolute atomic E-state index is 0.0549. The van der Waals surface area contributed by atoms with Crippen LogP contribution in [-0.2, 0) is 4.79 Å². The molecule has 0 bridgehead atoms. The normalized spacial score (nSPS) is 15.9. The third-order valence-electron chi connectivity index (χ3n) is 2.63. The summed E-state index contributed by atoms with van der Waals surface area (Å²) in [6.45, 7) is 11.2. The molecule has 0 heterocycles. The first kappa shape index (κ1) is 14.4. The monoisotopic (exact) mass is 214 g/mol. The number of rotatable bonds is 4. The van der Waals surface area contributed by atoms with Gasteiger partial charge < -0.3 is 10.6 Å². The van der Waals surface area contributed by atoms with Gasteiger partial charge in [-0.25, -0.2) is 0 Å². The highest BCUT2D eigenvalue weighted by Crippen LogP contribution is 2.16. The number of hydrogen-bond acceptors (Lipinski definition) is 2. The predicted molar refractivity (Wildman–Crippen MR) is 64.5 cm³/mol. The molecule has 2 atom stereocenters. The number of nitrogens with two attached hydrogens (primary N) is 1. The van der Waals surface area contributed by atoms with Crippen molar-refractivity contribution in [3.63, 3.8) is 0 Å². The zero-order chi connectivity index (χ0) is 12.2. The first-order valence-electron chi connectivity index (χ1n) is 5.69. The molecular formula is C12H26N2O. The molecule has 15 heavy (non-hydrogen) atoms. The first-order chi connectivity index (χ1) is 6.69. The zero-order valence-corrected chi connectivity index (χ0v) is 11.0. The molecule has 0 aromatic rings. The van der Waals surface area contributed by atoms with Gasteiger partial charge in [0.25, 0.3) is 0 Å². The van der Waals surface area contributed by atoms with Gasteiger partial charge in [-0.15, -0.1) is 0 Å². The average Bonchev–Trinajstić information content (AvgIpc) is 2.11. The second-order valence-corrected chi connectivity index (χ2v) is 5.67. The van der Waals surface area contributed by atoms with E-state index in [1.54, 1.807) is 4.90 Å². The molecule has 0 aromatic heterocycles. The molecule has 1 amide bonds. The van der Waals surface area contributed by atoms with Gasteiger partial charge in [-0.05, 0) is 11.3 Å². The molecule has 0 aromatic carbocycles. The Morgan fingerprint density at radius 2 is 1.87 bits per heavy atom. The Labute approximate surface area is 94.0 Å². The second kappa shape index (κ2) is 5.50. The SMILES string of the molecule is CCC(C)C(N)C(=O)N(C)CC(C)(C)C. The van der Waals surface area contributed by atoms with Gasteiger partial charge in [-0.1, -0.05) is 41.0 Å². The molecule has 0 fully saturated rings. The average molecular weight is 214 g/mol. The summed E-state index contributed by atoms with van der Waals surface area (Å²) in [5, 5.41) is 0. The minimum atomic E-state index is -0.359. The maximum atomic E-state index is 11.9. The van der Waals surface area contributed by atoms with Crippen LogP contribution in [-0.4, -0.2) is 30.4 Å². The van der Waals surface area contributed by atoms with Gasteiger partial charge >= 0.3 is 0 Å². The van der Waals surface area contributed by atoms with Crippen molar-refractivity contribution in [3.05, 3.63) is 0 Å². The van der Waals surface area contributed by atoms with Crippen molar-refractivity contribution in [1.82, 2.24) is 4.90 Å². The van der Waals surface area contributed by atoms with E-state index in [1.165, 1.54) is 0 Å². The predicted octanol–water partition coefficient (Wildman–Crippen LogP) is 1.86. The van der Waals surface area contributed by atoms with E-state index in [9.17, 15) is 4.79 Å². The van der Waals surface area contributed by atoms with E-state index < -0.39 is 0 Å². The highest BCUT2D eigenvalue weighted by atomic mass is 16.2. The molecule has 90 valence electrons. The van der Waals surface area contributed by atoms with E-state index in [1.807, 2.05) is 14.0 Å². The van der Waals surface area contributed by atoms with Crippen LogP contribution >= 0.6 is 0 Å². The quantitative estimate of drug-likeness (QED) is 0.776. The minimum Gasteiger partial charge on any atom is -0.344 e. The molecule has 0 radical (unpaired) electrons. The van der Waals surface area contributed by atoms with Crippen molar-refractivity contribution in [2.24, 2.45) is 17.1 Å². The molecule has 0 aliphatic carbocycles. The molecule has 0 rings (SSSR count). The van der Waals surface area contributed by atoms with Gasteiger partial charge in [0.15, 0.2) is 0 Å². The largest absolute Gasteiger partial charge is 0.344 e. The molecule has 0 aliphatic heterocycles. The van der Waals surface area contributed by atoms with Crippen LogP contribution in [0, 0.1) is 11.3 Å². The number of carbonyl (C=O) groups is 1. The lowest BCUT2D eigenvalue weighted by Crippen LogP contribution is -2.47. The molecule has 0 aliphatic rings. The smallest absolute Gasteiger partial charge is 0.239 e. The zero-order valence-electron chi connectivity index (χ0n) is 11.0. The fourth-order valence-corrected chi connectivity index (χ4v) is 1.54. The van der Waals surface area contributed by atoms with E-state index in [4.69, 9.17) is 5.73 Å². The van der Waals surface area contributed by atoms with Crippen LogP contribution in [0.4, 0.5) is 0 Å². The van der Waals surface area contributed by atoms with E-state index >= 15 is 0 Å². The summed E-state index contributed by atoms with van der Waals surface area (Å²) in [4.78, 5) is 13.7. The summed E-state index contributed by atoms with van der Waals surface area (Å²) in [6, 6.07) is -0.359. The van der Waals surface area contributed by atoms with Crippen molar-refractivity contribution in [2.45, 2.75) is 47.1 Å². The van der Waals surface area contributed by atoms with Crippen molar-refractivity contribution in [2.75, 3.05) is 13.6 Å². The molecular weight excluding hydrogens is 188 g/mol. The fourth-order valence-electron chi connectivity index (χ4n) is 1.54. The van der Waals surface area contributed by atoms with Gasteiger partial charge in [-0.2, -0.15) is 0 Å². The molecule has 3 heteroatoms. The Kier molecular flexibility index (Phi) is 5.29. The molecule has 2 unspecified atom stereocenters. The van der Waals surface area contributed by atoms with Gasteiger partial charge in [0, 0.05) is 13.6 Å². The lowest BCUT2D eigenvalue weighted by Gasteiger charge is -2.30. The van der Waals surface area contributed by atoms with Crippen LogP contribution in [0.3, 0.4) is 0 Å². The Balaban J connectivity index is 4.32. The van der Waals surface area contributed by atoms with Crippen molar-refractivity contribution < 1.29 is 4.79 Å². The highest BCUT2D eigenvalue weighted by molar-refractivity contribution is 5.81. The van der Waals surface area contributed by atoms with Crippen LogP contribution in [0.2, 0.25) is 0 Å². The van der Waals surface area contributed by atoms with E-state index in [0.29, 0.717) is 0 Å². The van der Waals surface area contributed by atoms with Crippen LogP contribution in [0.25, 0.3) is 0 Å². The summed E-state index contributed by atoms with van der Waals surface area (Å²) in [6.07, 6.45) is 0.941. The maximum Gasteiger partial charge on any atom is 0.239 e. The van der Waals surface area contributed by atoms with E-state index in [0.717, 1.165) is 13.0 Å². The standard InChI is InChI=1S/C12H26N2O/c1-7-9(2)10(13)11(15)14(6)8-12(3,4)5/h9-10H,7-8,13H2,1-6H3. The van der Waals surface area contributed by atoms with Gasteiger partial charge in [0.2, 0.25) is 5.91 Å². The lowest BCUT2D eigenvalue weighted by atomic mass is 9.94. The van der Waals surface area contributed by atoms with Crippen molar-refractivity contribution >= 4 is 5.91 Å². The molecule has 0 spiro atoms.